The molecule has 2 aliphatic heterocycles. The zero-order valence-corrected chi connectivity index (χ0v) is 25.1. The third-order valence-electron chi connectivity index (χ3n) is 7.42. The number of imidazole rings is 2. The number of aliphatic hydroxyl groups is 1. The van der Waals surface area contributed by atoms with E-state index in [-0.39, 0.29) is 40.4 Å². The van der Waals surface area contributed by atoms with E-state index in [2.05, 4.69) is 54.4 Å². The van der Waals surface area contributed by atoms with Crippen LogP contribution in [0.15, 0.2) is 25.3 Å². The highest BCUT2D eigenvalue weighted by Crippen LogP contribution is 2.62. The normalized spacial score (nSPS) is 38.6. The van der Waals surface area contributed by atoms with Crippen LogP contribution in [0.3, 0.4) is 0 Å². The standard InChI is InChI=1S/C20H23FN10O8P2S2/c21-10-15-9(36-20(10)31-6-29-12-17(23)25-4-27-19(12)31)2-35-40(33,42)38-14-7(1-8(13(14)32)37-41(34,43)39-15)30-5-28-11-16(22)24-3-26-18(11)30/h3-10,13-15,20,32H,1-2H2,(H,33,42)(H,34,43)(H2,22,24,26)(H2,23,25,27)/t7-,8+,9-,10-,13?,14+,15-,20-,40?,41?/m1/s1. The third-order valence-corrected chi connectivity index (χ3v) is 10.7. The molecule has 0 spiro atoms. The Bertz CT molecular complexity index is 1820. The first-order valence-corrected chi connectivity index (χ1v) is 18.0. The molecule has 2 saturated heterocycles. The maximum atomic E-state index is 16.0. The summed E-state index contributed by atoms with van der Waals surface area (Å²) in [6, 6.07) is -0.838. The molecule has 6 heterocycles. The summed E-state index contributed by atoms with van der Waals surface area (Å²) in [4.78, 5) is 24.4. The highest BCUT2D eigenvalue weighted by Gasteiger charge is 2.55. The Kier molecular flexibility index (Phi) is 7.20. The second-order valence-corrected chi connectivity index (χ2v) is 15.7. The van der Waals surface area contributed by atoms with Gasteiger partial charge in [-0.1, -0.05) is 24.5 Å². The molecule has 230 valence electrons. The number of hydrogen-bond donors (Lipinski definition) is 5. The molecule has 18 nitrogen and oxygen atoms in total. The summed E-state index contributed by atoms with van der Waals surface area (Å²) >= 11 is 8.17. The zero-order chi connectivity index (χ0) is 30.3. The van der Waals surface area contributed by atoms with Crippen LogP contribution < -0.4 is 11.5 Å². The van der Waals surface area contributed by atoms with E-state index in [0.717, 1.165) is 0 Å². The molecule has 3 aliphatic rings. The molecule has 23 heteroatoms. The SMILES string of the molecule is Nc1ncnc2c1ncn2[C@@H]1C[C@@H]2OP(=O)(S)O[C@H]3[C@@H](F)[C@H](n4cnc5c(N)ncnc54)O[C@@H]3COP(=O)(S)O[C@@H]1C2O. The van der Waals surface area contributed by atoms with Gasteiger partial charge in [-0.15, -0.1) is 0 Å². The molecule has 2 bridgehead atoms. The van der Waals surface area contributed by atoms with Crippen molar-refractivity contribution in [3.8, 4) is 0 Å². The molecular weight excluding hydrogens is 653 g/mol. The number of nitrogens with two attached hydrogens (primary N) is 2. The van der Waals surface area contributed by atoms with E-state index in [0.29, 0.717) is 0 Å². The fraction of sp³-hybridized carbons (Fsp3) is 0.500. The Hall–Kier alpha value is -2.45. The number of aliphatic hydroxyl groups excluding tert-OH is 1. The van der Waals surface area contributed by atoms with Crippen LogP contribution >= 0.6 is 38.1 Å². The summed E-state index contributed by atoms with van der Waals surface area (Å²) in [7, 11) is 0. The van der Waals surface area contributed by atoms with Gasteiger partial charge in [-0.25, -0.2) is 43.4 Å². The fourth-order valence-electron chi connectivity index (χ4n) is 5.51. The third kappa shape index (κ3) is 5.10. The number of thiol groups is 2. The van der Waals surface area contributed by atoms with Crippen LogP contribution in [0.5, 0.6) is 0 Å². The van der Waals surface area contributed by atoms with Crippen molar-refractivity contribution in [1.82, 2.24) is 39.0 Å². The van der Waals surface area contributed by atoms with E-state index in [9.17, 15) is 14.2 Å². The Labute approximate surface area is 251 Å². The van der Waals surface area contributed by atoms with Crippen LogP contribution in [0.25, 0.3) is 22.3 Å². The first-order chi connectivity index (χ1) is 20.4. The van der Waals surface area contributed by atoms with Crippen molar-refractivity contribution < 1.29 is 41.5 Å². The lowest BCUT2D eigenvalue weighted by atomic mass is 10.1. The number of alkyl halides is 1. The quantitative estimate of drug-likeness (QED) is 0.150. The molecule has 5 N–H and O–H groups in total. The molecular formula is C20H23FN10O8P2S2. The average Bonchev–Trinajstić information content (AvgIpc) is 3.70. The summed E-state index contributed by atoms with van der Waals surface area (Å²) in [5.74, 6) is 0.177. The molecule has 4 aromatic rings. The summed E-state index contributed by atoms with van der Waals surface area (Å²) in [5, 5.41) is 11.2. The van der Waals surface area contributed by atoms with Gasteiger partial charge in [0.15, 0.2) is 35.3 Å². The second kappa shape index (κ2) is 10.6. The average molecular weight is 677 g/mol. The number of ether oxygens (including phenoxy) is 1. The summed E-state index contributed by atoms with van der Waals surface area (Å²) < 4.78 is 74.2. The molecule has 3 unspecified atom stereocenters. The van der Waals surface area contributed by atoms with Crippen LogP contribution in [-0.4, -0.2) is 87.4 Å². The molecule has 1 saturated carbocycles. The number of rotatable bonds is 2. The highest BCUT2D eigenvalue weighted by molar-refractivity contribution is 8.44. The molecule has 10 atom stereocenters. The van der Waals surface area contributed by atoms with Crippen LogP contribution in [0.1, 0.15) is 18.7 Å². The van der Waals surface area contributed by atoms with Gasteiger partial charge in [-0.2, -0.15) is 0 Å². The number of nitrogen functional groups attached to an aromatic ring is 2. The van der Waals surface area contributed by atoms with Crippen molar-refractivity contribution >= 4 is 72.1 Å². The van der Waals surface area contributed by atoms with E-state index in [1.54, 1.807) is 0 Å². The van der Waals surface area contributed by atoms with Crippen molar-refractivity contribution in [1.29, 1.82) is 0 Å². The molecule has 1 aliphatic carbocycles. The van der Waals surface area contributed by atoms with Gasteiger partial charge in [0.05, 0.1) is 31.4 Å². The monoisotopic (exact) mass is 676 g/mol. The van der Waals surface area contributed by atoms with Gasteiger partial charge in [-0.05, 0) is 0 Å². The predicted molar refractivity (Wildman–Crippen MR) is 152 cm³/mol. The van der Waals surface area contributed by atoms with Crippen molar-refractivity contribution in [3.05, 3.63) is 25.3 Å². The summed E-state index contributed by atoms with van der Waals surface area (Å²) in [6.45, 7) is -9.27. The topological polar surface area (TPSA) is 240 Å². The summed E-state index contributed by atoms with van der Waals surface area (Å²) in [5.41, 5.74) is 12.7. The Morgan fingerprint density at radius 1 is 0.860 bits per heavy atom. The van der Waals surface area contributed by atoms with Crippen LogP contribution in [0.4, 0.5) is 16.0 Å². The first kappa shape index (κ1) is 29.3. The van der Waals surface area contributed by atoms with Gasteiger partial charge in [0.1, 0.15) is 48.1 Å². The minimum absolute atomic E-state index is 0.0659. The molecule has 0 radical (unpaired) electrons. The lowest BCUT2D eigenvalue weighted by molar-refractivity contribution is -0.0519. The molecule has 43 heavy (non-hydrogen) atoms. The van der Waals surface area contributed by atoms with Gasteiger partial charge in [0, 0.05) is 6.42 Å². The number of nitrogens with zero attached hydrogens (tertiary/aromatic N) is 8. The van der Waals surface area contributed by atoms with E-state index < -0.39 is 69.2 Å². The number of anilines is 2. The summed E-state index contributed by atoms with van der Waals surface area (Å²) in [6.07, 6.45) is -5.46. The van der Waals surface area contributed by atoms with Crippen molar-refractivity contribution in [2.45, 2.75) is 55.4 Å². The molecule has 3 fully saturated rings. The maximum absolute atomic E-state index is 16.0. The van der Waals surface area contributed by atoms with E-state index in [1.165, 1.54) is 34.4 Å². The highest BCUT2D eigenvalue weighted by atomic mass is 32.7. The molecule has 0 aromatic carbocycles. The largest absolute Gasteiger partial charge is 0.388 e. The van der Waals surface area contributed by atoms with Gasteiger partial charge >= 0.3 is 13.6 Å². The Balaban J connectivity index is 1.21. The number of fused-ring (bicyclic) bond motifs is 5. The van der Waals surface area contributed by atoms with Gasteiger partial charge in [0.2, 0.25) is 0 Å². The number of halogens is 1. The Morgan fingerprint density at radius 3 is 2.14 bits per heavy atom. The smallest absolute Gasteiger partial charge is 0.386 e. The Morgan fingerprint density at radius 2 is 1.47 bits per heavy atom. The predicted octanol–water partition coefficient (Wildman–Crippen LogP) is 1.63. The second-order valence-electron chi connectivity index (χ2n) is 9.99. The maximum Gasteiger partial charge on any atom is 0.386 e. The number of aromatic nitrogens is 8. The lowest BCUT2D eigenvalue weighted by Crippen LogP contribution is -2.37. The molecule has 0 amide bonds. The minimum Gasteiger partial charge on any atom is -0.388 e. The van der Waals surface area contributed by atoms with E-state index in [1.807, 2.05) is 0 Å². The first-order valence-electron chi connectivity index (χ1n) is 12.6. The van der Waals surface area contributed by atoms with E-state index >= 15 is 4.39 Å². The van der Waals surface area contributed by atoms with Gasteiger partial charge < -0.3 is 25.9 Å². The van der Waals surface area contributed by atoms with Crippen LogP contribution in [0.2, 0.25) is 0 Å². The zero-order valence-electron chi connectivity index (χ0n) is 21.5. The number of hydrogen-bond acceptors (Lipinski definition) is 16. The van der Waals surface area contributed by atoms with Crippen molar-refractivity contribution in [3.63, 3.8) is 0 Å². The van der Waals surface area contributed by atoms with Gasteiger partial charge in [-0.3, -0.25) is 22.7 Å². The molecule has 4 aromatic heterocycles. The van der Waals surface area contributed by atoms with Crippen molar-refractivity contribution in [2.75, 3.05) is 18.1 Å². The van der Waals surface area contributed by atoms with Crippen molar-refractivity contribution in [2.24, 2.45) is 0 Å². The molecule has 7 rings (SSSR count). The lowest BCUT2D eigenvalue weighted by Gasteiger charge is -2.29. The fourth-order valence-corrected chi connectivity index (χ4v) is 8.86. The van der Waals surface area contributed by atoms with Crippen LogP contribution in [-0.2, 0) is 32.0 Å². The van der Waals surface area contributed by atoms with E-state index in [4.69, 9.17) is 34.3 Å². The van der Waals surface area contributed by atoms with Crippen LogP contribution in [0, 0.1) is 0 Å². The minimum atomic E-state index is -4.41. The van der Waals surface area contributed by atoms with Gasteiger partial charge in [0.25, 0.3) is 0 Å².